The van der Waals surface area contributed by atoms with E-state index in [0.29, 0.717) is 0 Å². The van der Waals surface area contributed by atoms with Gasteiger partial charge >= 0.3 is 6.85 Å². The Morgan fingerprint density at radius 3 is 1.79 bits per heavy atom. The molecule has 12 rings (SSSR count). The van der Waals surface area contributed by atoms with Crippen LogP contribution >= 0.6 is 0 Å². The lowest BCUT2D eigenvalue weighted by atomic mass is 9.45. The summed E-state index contributed by atoms with van der Waals surface area (Å²) in [6, 6.07) is 48.0. The molecule has 3 heteroatoms. The fourth-order valence-electron chi connectivity index (χ4n) is 11.7. The van der Waals surface area contributed by atoms with Crippen LogP contribution in [0.2, 0.25) is 0 Å². The molecule has 2 aromatic heterocycles. The first-order chi connectivity index (χ1) is 29.6. The Balaban J connectivity index is 1.30. The maximum absolute atomic E-state index is 2.74. The highest BCUT2D eigenvalue weighted by atomic mass is 15.0. The molecule has 0 aliphatic carbocycles. The number of rotatable bonds is 2. The first-order valence-electron chi connectivity index (χ1n) is 22.5. The van der Waals surface area contributed by atoms with Crippen LogP contribution in [0.5, 0.6) is 0 Å². The highest BCUT2D eigenvalue weighted by Gasteiger charge is 2.43. The maximum Gasteiger partial charge on any atom is 0.333 e. The van der Waals surface area contributed by atoms with Crippen molar-refractivity contribution in [2.45, 2.75) is 87.0 Å². The molecule has 0 fully saturated rings. The Hall–Kier alpha value is -6.32. The molecule has 0 spiro atoms. The molecule has 0 saturated carbocycles. The van der Waals surface area contributed by atoms with Crippen molar-refractivity contribution in [3.05, 3.63) is 160 Å². The van der Waals surface area contributed by atoms with Crippen molar-refractivity contribution in [3.63, 3.8) is 0 Å². The van der Waals surface area contributed by atoms with Crippen LogP contribution in [0.3, 0.4) is 0 Å². The van der Waals surface area contributed by atoms with Crippen molar-refractivity contribution in [1.82, 2.24) is 9.05 Å². The number of hydrogen-bond donors (Lipinski definition) is 0. The highest BCUT2D eigenvalue weighted by Crippen LogP contribution is 2.48. The van der Waals surface area contributed by atoms with Gasteiger partial charge in [0.1, 0.15) is 0 Å². The van der Waals surface area contributed by atoms with Gasteiger partial charge in [0.15, 0.2) is 0 Å². The highest BCUT2D eigenvalue weighted by molar-refractivity contribution is 6.90. The van der Waals surface area contributed by atoms with Crippen molar-refractivity contribution in [2.75, 3.05) is 0 Å². The van der Waals surface area contributed by atoms with Gasteiger partial charge in [0.25, 0.3) is 0 Å². The predicted molar refractivity (Wildman–Crippen MR) is 269 cm³/mol. The standard InChI is InChI=1S/C59H53BN2/c1-32-22-33(2)24-37(23-32)38-27-46-49-31-40(59(9,10)11)30-48-45-29-39(58(6,7)8)18-21-51(45)62(56(48)49)60-50-26-34(3)25-47-44-20-19-41-42(53-35(4)14-12-15-36(53)5)16-13-17-43(41)55(44)61(57(47)50)52(28-38)54(46)60/h12-31H,1-11H3. The third-order valence-corrected chi connectivity index (χ3v) is 14.5. The summed E-state index contributed by atoms with van der Waals surface area (Å²) in [7, 11) is 0. The summed E-state index contributed by atoms with van der Waals surface area (Å²) < 4.78 is 5.44. The molecule has 0 saturated heterocycles. The van der Waals surface area contributed by atoms with Gasteiger partial charge in [-0.05, 0) is 154 Å². The van der Waals surface area contributed by atoms with Crippen LogP contribution in [0.25, 0.3) is 93.5 Å². The molecule has 10 aromatic rings. The molecule has 2 nitrogen and oxygen atoms in total. The van der Waals surface area contributed by atoms with Gasteiger partial charge in [-0.2, -0.15) is 0 Å². The summed E-state index contributed by atoms with van der Waals surface area (Å²) in [4.78, 5) is 0. The van der Waals surface area contributed by atoms with Crippen LogP contribution in [-0.4, -0.2) is 15.9 Å². The average molecular weight is 801 g/mol. The van der Waals surface area contributed by atoms with E-state index in [4.69, 9.17) is 0 Å². The van der Waals surface area contributed by atoms with Crippen LogP contribution in [0.15, 0.2) is 121 Å². The molecule has 2 aliphatic rings. The zero-order valence-corrected chi connectivity index (χ0v) is 38.0. The van der Waals surface area contributed by atoms with Crippen LogP contribution in [0, 0.1) is 34.6 Å². The second-order valence-electron chi connectivity index (χ2n) is 21.0. The van der Waals surface area contributed by atoms with Crippen molar-refractivity contribution in [3.8, 4) is 39.1 Å². The molecule has 0 unspecified atom stereocenters. The van der Waals surface area contributed by atoms with E-state index >= 15 is 0 Å². The minimum absolute atomic E-state index is 0.00238. The first kappa shape index (κ1) is 37.4. The number of aryl methyl sites for hydroxylation is 5. The zero-order chi connectivity index (χ0) is 42.9. The second kappa shape index (κ2) is 12.4. The SMILES string of the molecule is Cc1cc(C)cc(-c2cc3c4c(c2)-n2c5c(cc(C)cc5c5ccc6c(-c7c(C)cccc7C)cccc6c52)B4n2c4ccc(C(C)(C)C)cc4c4cc(C(C)(C)C)cc-3c42)c1. The molecular weight excluding hydrogens is 747 g/mol. The minimum Gasteiger partial charge on any atom is -0.375 e. The number of nitrogens with zero attached hydrogens (tertiary/aromatic N) is 2. The molecule has 2 aliphatic heterocycles. The van der Waals surface area contributed by atoms with Crippen molar-refractivity contribution >= 4 is 72.2 Å². The molecule has 8 aromatic carbocycles. The molecule has 0 N–H and O–H groups in total. The molecule has 62 heavy (non-hydrogen) atoms. The summed E-state index contributed by atoms with van der Waals surface area (Å²) >= 11 is 0. The lowest BCUT2D eigenvalue weighted by Gasteiger charge is -2.35. The van der Waals surface area contributed by atoms with Gasteiger partial charge in [-0.15, -0.1) is 0 Å². The van der Waals surface area contributed by atoms with Gasteiger partial charge in [0.05, 0.1) is 11.0 Å². The number of hydrogen-bond acceptors (Lipinski definition) is 0. The summed E-state index contributed by atoms with van der Waals surface area (Å²) in [6.07, 6.45) is 0. The van der Waals surface area contributed by atoms with Gasteiger partial charge in [-0.25, -0.2) is 0 Å². The predicted octanol–water partition coefficient (Wildman–Crippen LogP) is 14.5. The Bertz CT molecular complexity index is 3610. The van der Waals surface area contributed by atoms with Crippen LogP contribution in [0.1, 0.15) is 80.5 Å². The van der Waals surface area contributed by atoms with E-state index < -0.39 is 0 Å². The summed E-state index contributed by atoms with van der Waals surface area (Å²) in [6.45, 7) is 25.4. The smallest absolute Gasteiger partial charge is 0.333 e. The molecule has 302 valence electrons. The Kier molecular flexibility index (Phi) is 7.50. The van der Waals surface area contributed by atoms with E-state index in [2.05, 4.69) is 207 Å². The third-order valence-electron chi connectivity index (χ3n) is 14.5. The second-order valence-corrected chi connectivity index (χ2v) is 21.0. The fraction of sp³-hybridized carbons (Fsp3) is 0.220. The monoisotopic (exact) mass is 800 g/mol. The van der Waals surface area contributed by atoms with Crippen molar-refractivity contribution < 1.29 is 0 Å². The molecule has 4 heterocycles. The Morgan fingerprint density at radius 1 is 0.435 bits per heavy atom. The van der Waals surface area contributed by atoms with E-state index in [9.17, 15) is 0 Å². The summed E-state index contributed by atoms with van der Waals surface area (Å²) in [5.74, 6) is 0. The maximum atomic E-state index is 2.74. The number of aromatic nitrogens is 2. The summed E-state index contributed by atoms with van der Waals surface area (Å²) in [5, 5.41) is 7.94. The van der Waals surface area contributed by atoms with Crippen molar-refractivity contribution in [1.29, 1.82) is 0 Å². The van der Waals surface area contributed by atoms with Gasteiger partial charge in [-0.1, -0.05) is 137 Å². The molecule has 0 bridgehead atoms. The molecular formula is C59H53BN2. The Morgan fingerprint density at radius 2 is 1.06 bits per heavy atom. The number of benzene rings is 8. The quantitative estimate of drug-likeness (QED) is 0.154. The van der Waals surface area contributed by atoms with Gasteiger partial charge in [-0.3, -0.25) is 0 Å². The third kappa shape index (κ3) is 5.06. The van der Waals surface area contributed by atoms with E-state index in [1.54, 1.807) is 0 Å². The molecule has 0 atom stereocenters. The average Bonchev–Trinajstić information content (AvgIpc) is 3.73. The van der Waals surface area contributed by atoms with Gasteiger partial charge < -0.3 is 9.05 Å². The Labute approximate surface area is 365 Å². The van der Waals surface area contributed by atoms with Gasteiger partial charge in [0, 0.05) is 49.2 Å². The van der Waals surface area contributed by atoms with E-state index in [1.165, 1.54) is 143 Å². The van der Waals surface area contributed by atoms with Gasteiger partial charge in [0.2, 0.25) is 0 Å². The lowest BCUT2D eigenvalue weighted by molar-refractivity contribution is 0.590. The normalized spacial score (nSPS) is 13.4. The van der Waals surface area contributed by atoms with Crippen molar-refractivity contribution in [2.24, 2.45) is 0 Å². The number of fused-ring (bicyclic) bond motifs is 12. The zero-order valence-electron chi connectivity index (χ0n) is 38.0. The van der Waals surface area contributed by atoms with Crippen LogP contribution in [-0.2, 0) is 10.8 Å². The molecule has 0 amide bonds. The first-order valence-corrected chi connectivity index (χ1v) is 22.5. The minimum atomic E-state index is -0.0402. The van der Waals surface area contributed by atoms with E-state index in [-0.39, 0.29) is 17.7 Å². The lowest BCUT2D eigenvalue weighted by Crippen LogP contribution is -2.55. The summed E-state index contributed by atoms with van der Waals surface area (Å²) in [5.41, 5.74) is 26.4. The van der Waals surface area contributed by atoms with Crippen LogP contribution < -0.4 is 10.9 Å². The topological polar surface area (TPSA) is 9.86 Å². The van der Waals surface area contributed by atoms with E-state index in [0.717, 1.165) is 0 Å². The van der Waals surface area contributed by atoms with E-state index in [1.807, 2.05) is 0 Å². The van der Waals surface area contributed by atoms with Crippen LogP contribution in [0.4, 0.5) is 0 Å². The molecule has 0 radical (unpaired) electrons. The fourth-order valence-corrected chi connectivity index (χ4v) is 11.7. The largest absolute Gasteiger partial charge is 0.375 e.